The second-order valence-corrected chi connectivity index (χ2v) is 10.0. The van der Waals surface area contributed by atoms with Gasteiger partial charge in [0.15, 0.2) is 0 Å². The molecular weight excluding hydrogens is 462 g/mol. The molecule has 5 heteroatoms. The van der Waals surface area contributed by atoms with Crippen LogP contribution in [0.2, 0.25) is 0 Å². The Balaban J connectivity index is 1.44. The van der Waals surface area contributed by atoms with Gasteiger partial charge in [-0.1, -0.05) is 90.5 Å². The van der Waals surface area contributed by atoms with Crippen LogP contribution in [0.15, 0.2) is 97.1 Å². The van der Waals surface area contributed by atoms with Gasteiger partial charge < -0.3 is 4.74 Å². The summed E-state index contributed by atoms with van der Waals surface area (Å²) < 4.78 is 5.94. The van der Waals surface area contributed by atoms with Gasteiger partial charge in [0, 0.05) is 16.9 Å². The molecule has 4 aromatic rings. The number of anilines is 1. The third-order valence-electron chi connectivity index (χ3n) is 7.96. The van der Waals surface area contributed by atoms with Crippen LogP contribution in [0.5, 0.6) is 5.75 Å². The second kappa shape index (κ2) is 8.00. The minimum absolute atomic E-state index is 0.278. The molecule has 0 radical (unpaired) electrons. The maximum absolute atomic E-state index is 14.0. The summed E-state index contributed by atoms with van der Waals surface area (Å²) >= 11 is 0. The lowest BCUT2D eigenvalue weighted by Gasteiger charge is -2.38. The largest absolute Gasteiger partial charge is 0.425 e. The fraction of sp³-hybridized carbons (Fsp3) is 0.156. The van der Waals surface area contributed by atoms with E-state index in [-0.39, 0.29) is 17.7 Å². The summed E-state index contributed by atoms with van der Waals surface area (Å²) in [6, 6.07) is 28.8. The van der Waals surface area contributed by atoms with Crippen molar-refractivity contribution in [2.45, 2.75) is 12.8 Å². The normalized spacial score (nSPS) is 24.3. The van der Waals surface area contributed by atoms with Crippen LogP contribution < -0.4 is 9.64 Å². The van der Waals surface area contributed by atoms with Crippen molar-refractivity contribution < 1.29 is 19.1 Å². The zero-order valence-corrected chi connectivity index (χ0v) is 20.1. The van der Waals surface area contributed by atoms with Crippen LogP contribution in [0.1, 0.15) is 22.6 Å². The molecule has 0 saturated carbocycles. The molecule has 1 fully saturated rings. The van der Waals surface area contributed by atoms with Crippen molar-refractivity contribution in [1.29, 1.82) is 0 Å². The minimum Gasteiger partial charge on any atom is -0.425 e. The van der Waals surface area contributed by atoms with Crippen LogP contribution in [0, 0.1) is 24.7 Å². The Hall–Kier alpha value is -4.51. The minimum atomic E-state index is -0.842. The molecule has 0 aromatic heterocycles. The molecule has 37 heavy (non-hydrogen) atoms. The number of amides is 2. The first-order valence-corrected chi connectivity index (χ1v) is 12.5. The molecule has 1 saturated heterocycles. The smallest absolute Gasteiger partial charge is 0.319 e. The highest BCUT2D eigenvalue weighted by Crippen LogP contribution is 2.55. The fourth-order valence-corrected chi connectivity index (χ4v) is 6.24. The van der Waals surface area contributed by atoms with Gasteiger partial charge >= 0.3 is 5.97 Å². The number of imide groups is 1. The van der Waals surface area contributed by atoms with Crippen molar-refractivity contribution in [3.05, 3.63) is 114 Å². The third kappa shape index (κ3) is 3.13. The molecule has 2 amide bonds. The first kappa shape index (κ1) is 21.7. The van der Waals surface area contributed by atoms with Gasteiger partial charge in [0.1, 0.15) is 5.75 Å². The Morgan fingerprint density at radius 3 is 2.22 bits per heavy atom. The van der Waals surface area contributed by atoms with Gasteiger partial charge in [-0.25, -0.2) is 4.90 Å². The number of carbonyl (C=O) groups is 3. The fourth-order valence-electron chi connectivity index (χ4n) is 6.24. The van der Waals surface area contributed by atoms with E-state index >= 15 is 0 Å². The van der Waals surface area contributed by atoms with Gasteiger partial charge in [0.25, 0.3) is 0 Å². The van der Waals surface area contributed by atoms with Gasteiger partial charge in [-0.2, -0.15) is 0 Å². The summed E-state index contributed by atoms with van der Waals surface area (Å²) in [5, 5.41) is 1.82. The number of carbonyl (C=O) groups excluding carboxylic acids is 3. The molecule has 0 N–H and O–H groups in total. The van der Waals surface area contributed by atoms with Crippen LogP contribution in [0.25, 0.3) is 16.3 Å². The highest BCUT2D eigenvalue weighted by Gasteiger charge is 2.60. The summed E-state index contributed by atoms with van der Waals surface area (Å²) in [6.45, 7) is 1.96. The molecule has 3 aliphatic rings. The number of ether oxygens (including phenoxy) is 1. The van der Waals surface area contributed by atoms with Crippen LogP contribution >= 0.6 is 0 Å². The molecule has 0 bridgehead atoms. The summed E-state index contributed by atoms with van der Waals surface area (Å²) in [4.78, 5) is 42.8. The van der Waals surface area contributed by atoms with Gasteiger partial charge in [-0.05, 0) is 35.6 Å². The average Bonchev–Trinajstić information content (AvgIpc) is 3.19. The van der Waals surface area contributed by atoms with Crippen LogP contribution in [0.3, 0.4) is 0 Å². The number of esters is 1. The van der Waals surface area contributed by atoms with Crippen LogP contribution in [-0.2, 0) is 14.4 Å². The molecule has 180 valence electrons. The number of hydrogen-bond donors (Lipinski definition) is 0. The van der Waals surface area contributed by atoms with E-state index in [2.05, 4.69) is 0 Å². The summed E-state index contributed by atoms with van der Waals surface area (Å²) in [5.41, 5.74) is 4.07. The SMILES string of the molecule is Cc1ccc(N2C(=O)[C@@H]3[C@@H]4C(=O)Oc5c(ccc6ccccc56)C4=C[C@H](c4ccccc4)[C@@H]3C2=O)cc1. The van der Waals surface area contributed by atoms with E-state index in [4.69, 9.17) is 4.74 Å². The van der Waals surface area contributed by atoms with Crippen molar-refractivity contribution in [1.82, 2.24) is 0 Å². The number of benzene rings is 4. The lowest BCUT2D eigenvalue weighted by molar-refractivity contribution is -0.142. The Morgan fingerprint density at radius 2 is 1.43 bits per heavy atom. The first-order chi connectivity index (χ1) is 18.0. The Labute approximate surface area is 214 Å². The number of rotatable bonds is 2. The predicted molar refractivity (Wildman–Crippen MR) is 141 cm³/mol. The number of allylic oxidation sites excluding steroid dienone is 1. The topological polar surface area (TPSA) is 63.7 Å². The molecule has 4 atom stereocenters. The lowest BCUT2D eigenvalue weighted by Crippen LogP contribution is -2.42. The third-order valence-corrected chi connectivity index (χ3v) is 7.96. The Kier molecular flexibility index (Phi) is 4.70. The van der Waals surface area contributed by atoms with E-state index in [1.54, 1.807) is 12.1 Å². The van der Waals surface area contributed by atoms with Gasteiger partial charge in [0.2, 0.25) is 11.8 Å². The molecule has 1 aliphatic carbocycles. The average molecular weight is 486 g/mol. The first-order valence-electron chi connectivity index (χ1n) is 12.5. The molecule has 2 heterocycles. The zero-order chi connectivity index (χ0) is 25.3. The maximum atomic E-state index is 14.0. The van der Waals surface area contributed by atoms with E-state index in [0.29, 0.717) is 11.4 Å². The number of nitrogens with zero attached hydrogens (tertiary/aromatic N) is 1. The molecule has 4 aromatic carbocycles. The van der Waals surface area contributed by atoms with E-state index in [1.807, 2.05) is 91.9 Å². The van der Waals surface area contributed by atoms with Gasteiger partial charge in [-0.3, -0.25) is 14.4 Å². The summed E-state index contributed by atoms with van der Waals surface area (Å²) in [6.07, 6.45) is 2.03. The van der Waals surface area contributed by atoms with Crippen molar-refractivity contribution in [2.24, 2.45) is 17.8 Å². The number of hydrogen-bond acceptors (Lipinski definition) is 4. The molecule has 2 aliphatic heterocycles. The van der Waals surface area contributed by atoms with Crippen LogP contribution in [-0.4, -0.2) is 17.8 Å². The molecular formula is C32H23NO4. The highest BCUT2D eigenvalue weighted by atomic mass is 16.5. The van der Waals surface area contributed by atoms with Crippen LogP contribution in [0.4, 0.5) is 5.69 Å². The van der Waals surface area contributed by atoms with Crippen molar-refractivity contribution in [2.75, 3.05) is 4.90 Å². The summed E-state index contributed by atoms with van der Waals surface area (Å²) in [7, 11) is 0. The monoisotopic (exact) mass is 485 g/mol. The lowest BCUT2D eigenvalue weighted by atomic mass is 9.64. The Bertz CT molecular complexity index is 1640. The Morgan fingerprint density at radius 1 is 0.730 bits per heavy atom. The van der Waals surface area contributed by atoms with Crippen molar-refractivity contribution >= 4 is 39.8 Å². The summed E-state index contributed by atoms with van der Waals surface area (Å²) in [5.74, 6) is -3.33. The predicted octanol–water partition coefficient (Wildman–Crippen LogP) is 5.67. The second-order valence-electron chi connectivity index (χ2n) is 10.0. The molecule has 5 nitrogen and oxygen atoms in total. The van der Waals surface area contributed by atoms with Crippen molar-refractivity contribution in [3.8, 4) is 5.75 Å². The van der Waals surface area contributed by atoms with E-state index in [1.165, 1.54) is 4.90 Å². The van der Waals surface area contributed by atoms with Crippen molar-refractivity contribution in [3.63, 3.8) is 0 Å². The number of fused-ring (bicyclic) bond motifs is 7. The molecule has 0 unspecified atom stereocenters. The molecule has 0 spiro atoms. The van der Waals surface area contributed by atoms with Gasteiger partial charge in [-0.15, -0.1) is 0 Å². The van der Waals surface area contributed by atoms with E-state index < -0.39 is 23.7 Å². The quantitative estimate of drug-likeness (QED) is 0.209. The highest BCUT2D eigenvalue weighted by molar-refractivity contribution is 6.24. The van der Waals surface area contributed by atoms with E-state index in [0.717, 1.165) is 33.0 Å². The zero-order valence-electron chi connectivity index (χ0n) is 20.1. The van der Waals surface area contributed by atoms with Gasteiger partial charge in [0.05, 0.1) is 23.4 Å². The van der Waals surface area contributed by atoms with E-state index in [9.17, 15) is 14.4 Å². The maximum Gasteiger partial charge on any atom is 0.319 e. The number of aryl methyl sites for hydroxylation is 1. The molecule has 7 rings (SSSR count). The standard InChI is InChI=1S/C32H23NO4/c1-18-11-14-21(15-12-18)33-30(34)26-24(19-7-3-2-4-8-19)17-25-23-16-13-20-9-5-6-10-22(20)29(23)37-32(36)27(25)28(26)31(33)35/h2-17,24,26-28H,1H3/t24-,26+,27-,28+/m1/s1.